The number of aromatic nitrogens is 1. The van der Waals surface area contributed by atoms with Gasteiger partial charge in [0, 0.05) is 39.1 Å². The van der Waals surface area contributed by atoms with Crippen LogP contribution < -0.4 is 14.8 Å². The van der Waals surface area contributed by atoms with Crippen LogP contribution in [0.2, 0.25) is 0 Å². The van der Waals surface area contributed by atoms with Crippen molar-refractivity contribution in [1.29, 1.82) is 0 Å². The maximum atomic E-state index is 13.2. The first-order valence-electron chi connectivity index (χ1n) is 9.78. The molecule has 0 atom stereocenters. The Bertz CT molecular complexity index is 1020. The fraction of sp³-hybridized carbons (Fsp3) is 0.333. The number of anilines is 1. The lowest BCUT2D eigenvalue weighted by Gasteiger charge is -2.34. The number of carbonyl (C=O) groups excluding carboxylic acids is 1. The van der Waals surface area contributed by atoms with Gasteiger partial charge in [0.05, 0.1) is 17.6 Å². The van der Waals surface area contributed by atoms with Crippen molar-refractivity contribution in [3.05, 3.63) is 53.4 Å². The van der Waals surface area contributed by atoms with Crippen LogP contribution in [0.5, 0.6) is 11.5 Å². The molecule has 30 heavy (non-hydrogen) atoms. The third-order valence-corrected chi connectivity index (χ3v) is 5.39. The van der Waals surface area contributed by atoms with Crippen LogP contribution in [0, 0.1) is 0 Å². The summed E-state index contributed by atoms with van der Waals surface area (Å²) < 4.78 is 35.3. The van der Waals surface area contributed by atoms with Gasteiger partial charge in [-0.3, -0.25) is 9.88 Å². The number of hydrogen-bond acceptors (Lipinski definition) is 5. The Labute approximate surface area is 171 Å². The first kappa shape index (κ1) is 18.8. The molecule has 1 aliphatic carbocycles. The van der Waals surface area contributed by atoms with E-state index in [0.717, 1.165) is 23.2 Å². The Kier molecular flexibility index (Phi) is 4.54. The highest BCUT2D eigenvalue weighted by atomic mass is 19.3. The third kappa shape index (κ3) is 3.80. The average molecular weight is 414 g/mol. The van der Waals surface area contributed by atoms with Crippen molar-refractivity contribution in [2.75, 3.05) is 31.5 Å². The molecule has 0 radical (unpaired) electrons. The SMILES string of the molecule is O=C(Nc1cnc2c(c1)C=CC2)N1CCN(Cc2ccc3c(c2)OC(F)(F)O3)CC1. The van der Waals surface area contributed by atoms with Gasteiger partial charge in [-0.2, -0.15) is 0 Å². The van der Waals surface area contributed by atoms with E-state index < -0.39 is 6.29 Å². The van der Waals surface area contributed by atoms with E-state index in [-0.39, 0.29) is 17.5 Å². The van der Waals surface area contributed by atoms with Gasteiger partial charge in [-0.1, -0.05) is 18.2 Å². The molecule has 1 saturated heterocycles. The van der Waals surface area contributed by atoms with Crippen molar-refractivity contribution in [3.63, 3.8) is 0 Å². The number of pyridine rings is 1. The Morgan fingerprint density at radius 3 is 2.77 bits per heavy atom. The monoisotopic (exact) mass is 414 g/mol. The molecule has 156 valence electrons. The predicted molar refractivity (Wildman–Crippen MR) is 105 cm³/mol. The summed E-state index contributed by atoms with van der Waals surface area (Å²) in [4.78, 5) is 20.9. The van der Waals surface area contributed by atoms with Crippen molar-refractivity contribution in [3.8, 4) is 11.5 Å². The molecular formula is C21H20F2N4O3. The minimum absolute atomic E-state index is 0.0433. The number of nitrogens with zero attached hydrogens (tertiary/aromatic N) is 3. The van der Waals surface area contributed by atoms with Gasteiger partial charge >= 0.3 is 12.3 Å². The van der Waals surface area contributed by atoms with E-state index >= 15 is 0 Å². The van der Waals surface area contributed by atoms with E-state index in [4.69, 9.17) is 0 Å². The molecule has 1 aromatic heterocycles. The van der Waals surface area contributed by atoms with Crippen molar-refractivity contribution in [1.82, 2.24) is 14.8 Å². The summed E-state index contributed by atoms with van der Waals surface area (Å²) in [6.07, 6.45) is 2.97. The van der Waals surface area contributed by atoms with Crippen molar-refractivity contribution in [2.45, 2.75) is 19.3 Å². The second-order valence-electron chi connectivity index (χ2n) is 7.51. The molecule has 2 aliphatic heterocycles. The van der Waals surface area contributed by atoms with Crippen LogP contribution in [0.25, 0.3) is 6.08 Å². The van der Waals surface area contributed by atoms with Crippen LogP contribution in [-0.4, -0.2) is 53.3 Å². The standard InChI is InChI=1S/C21H20F2N4O3/c22-21(23)29-18-5-4-14(10-19(18)30-21)13-26-6-8-27(9-7-26)20(28)25-16-11-15-2-1-3-17(15)24-12-16/h1-2,4-5,10-12H,3,6-9,13H2,(H,25,28). The van der Waals surface area contributed by atoms with Gasteiger partial charge in [-0.15, -0.1) is 8.78 Å². The fourth-order valence-corrected chi connectivity index (χ4v) is 3.85. The molecule has 1 N–H and O–H groups in total. The molecule has 2 amide bonds. The highest BCUT2D eigenvalue weighted by molar-refractivity contribution is 5.89. The number of nitrogens with one attached hydrogen (secondary N) is 1. The van der Waals surface area contributed by atoms with Crippen molar-refractivity contribution >= 4 is 17.8 Å². The van der Waals surface area contributed by atoms with Gasteiger partial charge in [0.2, 0.25) is 0 Å². The summed E-state index contributed by atoms with van der Waals surface area (Å²) >= 11 is 0. The zero-order chi connectivity index (χ0) is 20.7. The first-order valence-corrected chi connectivity index (χ1v) is 9.78. The van der Waals surface area contributed by atoms with E-state index in [1.54, 1.807) is 23.2 Å². The average Bonchev–Trinajstić information content (AvgIpc) is 3.30. The molecule has 0 unspecified atom stereocenters. The zero-order valence-corrected chi connectivity index (χ0v) is 16.1. The Morgan fingerprint density at radius 1 is 1.13 bits per heavy atom. The number of urea groups is 1. The summed E-state index contributed by atoms with van der Waals surface area (Å²) in [6, 6.07) is 6.60. The van der Waals surface area contributed by atoms with Gasteiger partial charge < -0.3 is 19.7 Å². The summed E-state index contributed by atoms with van der Waals surface area (Å²) in [5.74, 6) is 0.0927. The number of carbonyl (C=O) groups is 1. The van der Waals surface area contributed by atoms with Gasteiger partial charge in [0.25, 0.3) is 0 Å². The maximum absolute atomic E-state index is 13.2. The third-order valence-electron chi connectivity index (χ3n) is 5.39. The molecule has 0 bridgehead atoms. The largest absolute Gasteiger partial charge is 0.586 e. The topological polar surface area (TPSA) is 66.9 Å². The number of alkyl halides is 2. The van der Waals surface area contributed by atoms with E-state index in [1.165, 1.54) is 6.07 Å². The zero-order valence-electron chi connectivity index (χ0n) is 16.1. The number of hydrogen-bond donors (Lipinski definition) is 1. The number of piperazine rings is 1. The van der Waals surface area contributed by atoms with Crippen molar-refractivity contribution < 1.29 is 23.0 Å². The minimum atomic E-state index is -3.61. The molecule has 3 aliphatic rings. The quantitative estimate of drug-likeness (QED) is 0.835. The second kappa shape index (κ2) is 7.24. The molecule has 2 aromatic rings. The molecule has 1 aromatic carbocycles. The summed E-state index contributed by atoms with van der Waals surface area (Å²) in [6.45, 7) is 3.10. The highest BCUT2D eigenvalue weighted by Gasteiger charge is 2.43. The molecule has 3 heterocycles. The minimum Gasteiger partial charge on any atom is -0.395 e. The number of rotatable bonds is 3. The molecule has 7 nitrogen and oxygen atoms in total. The number of halogens is 2. The summed E-state index contributed by atoms with van der Waals surface area (Å²) in [5, 5.41) is 2.91. The van der Waals surface area contributed by atoms with Crippen LogP contribution in [0.15, 0.2) is 36.5 Å². The number of amides is 2. The van der Waals surface area contributed by atoms with Crippen LogP contribution in [-0.2, 0) is 13.0 Å². The van der Waals surface area contributed by atoms with E-state index in [9.17, 15) is 13.6 Å². The Morgan fingerprint density at radius 2 is 1.93 bits per heavy atom. The number of fused-ring (bicyclic) bond motifs is 2. The number of allylic oxidation sites excluding steroid dienone is 1. The molecule has 0 saturated carbocycles. The maximum Gasteiger partial charge on any atom is 0.586 e. The van der Waals surface area contributed by atoms with Gasteiger partial charge in [-0.25, -0.2) is 4.79 Å². The lowest BCUT2D eigenvalue weighted by molar-refractivity contribution is -0.286. The highest BCUT2D eigenvalue weighted by Crippen LogP contribution is 2.41. The smallest absolute Gasteiger partial charge is 0.395 e. The number of benzene rings is 1. The van der Waals surface area contributed by atoms with E-state index in [1.807, 2.05) is 18.2 Å². The van der Waals surface area contributed by atoms with Crippen LogP contribution in [0.3, 0.4) is 0 Å². The Hall–Kier alpha value is -3.20. The fourth-order valence-electron chi connectivity index (χ4n) is 3.85. The molecule has 1 fully saturated rings. The molecular weight excluding hydrogens is 394 g/mol. The van der Waals surface area contributed by atoms with Gasteiger partial charge in [0.15, 0.2) is 11.5 Å². The second-order valence-corrected chi connectivity index (χ2v) is 7.51. The summed E-state index contributed by atoms with van der Waals surface area (Å²) in [7, 11) is 0. The normalized spacial score (nSPS) is 19.1. The molecule has 0 spiro atoms. The Balaban J connectivity index is 1.14. The predicted octanol–water partition coefficient (Wildman–Crippen LogP) is 3.32. The molecule has 5 rings (SSSR count). The van der Waals surface area contributed by atoms with Crippen LogP contribution in [0.1, 0.15) is 16.8 Å². The van der Waals surface area contributed by atoms with Crippen molar-refractivity contribution in [2.24, 2.45) is 0 Å². The van der Waals surface area contributed by atoms with Crippen LogP contribution >= 0.6 is 0 Å². The molecule has 9 heteroatoms. The first-order chi connectivity index (χ1) is 14.4. The van der Waals surface area contributed by atoms with E-state index in [0.29, 0.717) is 38.4 Å². The van der Waals surface area contributed by atoms with Gasteiger partial charge in [0.1, 0.15) is 0 Å². The lowest BCUT2D eigenvalue weighted by Crippen LogP contribution is -2.49. The summed E-state index contributed by atoms with van der Waals surface area (Å²) in [5.41, 5.74) is 3.60. The van der Waals surface area contributed by atoms with Gasteiger partial charge in [-0.05, 0) is 29.3 Å². The van der Waals surface area contributed by atoms with E-state index in [2.05, 4.69) is 24.7 Å². The van der Waals surface area contributed by atoms with Crippen LogP contribution in [0.4, 0.5) is 19.3 Å². The number of ether oxygens (including phenoxy) is 2. The lowest BCUT2D eigenvalue weighted by atomic mass is 10.1.